The van der Waals surface area contributed by atoms with Crippen molar-refractivity contribution in [2.45, 2.75) is 12.6 Å². The van der Waals surface area contributed by atoms with Gasteiger partial charge in [0.1, 0.15) is 0 Å². The molecule has 1 atom stereocenters. The Balaban J connectivity index is 1.35. The van der Waals surface area contributed by atoms with Gasteiger partial charge in [0.05, 0.1) is 6.10 Å². The fourth-order valence-electron chi connectivity index (χ4n) is 3.24. The zero-order chi connectivity index (χ0) is 18.6. The van der Waals surface area contributed by atoms with Crippen molar-refractivity contribution >= 4 is 38.2 Å². The molecular formula is C22H20N2O2S. The summed E-state index contributed by atoms with van der Waals surface area (Å²) in [6, 6.07) is 21.8. The molecule has 0 saturated carbocycles. The van der Waals surface area contributed by atoms with Crippen LogP contribution in [0.15, 0.2) is 72.1 Å². The van der Waals surface area contributed by atoms with Gasteiger partial charge >= 0.3 is 6.03 Å². The molecule has 1 aromatic heterocycles. The van der Waals surface area contributed by atoms with Crippen molar-refractivity contribution in [3.05, 3.63) is 83.2 Å². The molecule has 3 aromatic carbocycles. The number of thiophene rings is 1. The first kappa shape index (κ1) is 17.5. The first-order chi connectivity index (χ1) is 13.2. The number of hydrogen-bond acceptors (Lipinski definition) is 3. The molecule has 0 fully saturated rings. The maximum Gasteiger partial charge on any atom is 0.315 e. The van der Waals surface area contributed by atoms with Crippen molar-refractivity contribution < 1.29 is 9.90 Å². The van der Waals surface area contributed by atoms with Crippen molar-refractivity contribution in [2.24, 2.45) is 0 Å². The summed E-state index contributed by atoms with van der Waals surface area (Å²) in [5, 5.41) is 21.3. The van der Waals surface area contributed by atoms with E-state index in [0.717, 1.165) is 32.0 Å². The van der Waals surface area contributed by atoms with E-state index >= 15 is 0 Å². The highest BCUT2D eigenvalue weighted by molar-refractivity contribution is 7.17. The number of nitrogens with one attached hydrogen (secondary N) is 2. The van der Waals surface area contributed by atoms with E-state index in [0.29, 0.717) is 6.54 Å². The van der Waals surface area contributed by atoms with E-state index in [2.05, 4.69) is 28.8 Å². The first-order valence-corrected chi connectivity index (χ1v) is 9.73. The number of aliphatic hydroxyl groups excluding tert-OH is 1. The van der Waals surface area contributed by atoms with Crippen LogP contribution in [0.2, 0.25) is 0 Å². The molecule has 2 amide bonds. The lowest BCUT2D eigenvalue weighted by molar-refractivity contribution is 0.175. The van der Waals surface area contributed by atoms with E-state index in [9.17, 15) is 9.90 Å². The molecule has 0 spiro atoms. The SMILES string of the molecule is O=C(NCc1cccc2ccccc12)NCC(O)c1csc2ccccc12. The minimum absolute atomic E-state index is 0.169. The van der Waals surface area contributed by atoms with Gasteiger partial charge in [-0.15, -0.1) is 11.3 Å². The molecule has 0 radical (unpaired) electrons. The van der Waals surface area contributed by atoms with Gasteiger partial charge < -0.3 is 15.7 Å². The summed E-state index contributed by atoms with van der Waals surface area (Å²) in [4.78, 5) is 12.2. The van der Waals surface area contributed by atoms with Crippen molar-refractivity contribution in [1.29, 1.82) is 0 Å². The van der Waals surface area contributed by atoms with Crippen LogP contribution in [0.5, 0.6) is 0 Å². The van der Waals surface area contributed by atoms with Crippen molar-refractivity contribution in [2.75, 3.05) is 6.54 Å². The Bertz CT molecular complexity index is 1080. The van der Waals surface area contributed by atoms with Crippen LogP contribution in [0.3, 0.4) is 0 Å². The Hall–Kier alpha value is -2.89. The number of benzene rings is 3. The number of amides is 2. The molecule has 1 unspecified atom stereocenters. The van der Waals surface area contributed by atoms with Crippen LogP contribution in [0, 0.1) is 0 Å². The van der Waals surface area contributed by atoms with Crippen LogP contribution < -0.4 is 10.6 Å². The third-order valence-electron chi connectivity index (χ3n) is 4.65. The molecule has 0 aliphatic carbocycles. The van der Waals surface area contributed by atoms with E-state index in [4.69, 9.17) is 0 Å². The van der Waals surface area contributed by atoms with Crippen LogP contribution >= 0.6 is 11.3 Å². The predicted octanol–water partition coefficient (Wildman–Crippen LogP) is 4.59. The van der Waals surface area contributed by atoms with Gasteiger partial charge in [-0.25, -0.2) is 4.79 Å². The fraction of sp³-hybridized carbons (Fsp3) is 0.136. The molecule has 1 heterocycles. The number of carbonyl (C=O) groups excluding carboxylic acids is 1. The minimum atomic E-state index is -0.732. The second-order valence-electron chi connectivity index (χ2n) is 6.40. The van der Waals surface area contributed by atoms with Gasteiger partial charge in [-0.1, -0.05) is 60.7 Å². The van der Waals surface area contributed by atoms with E-state index in [1.807, 2.05) is 53.9 Å². The van der Waals surface area contributed by atoms with Crippen molar-refractivity contribution in [3.63, 3.8) is 0 Å². The maximum absolute atomic E-state index is 12.2. The highest BCUT2D eigenvalue weighted by Crippen LogP contribution is 2.29. The second kappa shape index (κ2) is 7.78. The summed E-state index contributed by atoms with van der Waals surface area (Å²) in [5.74, 6) is 0. The van der Waals surface area contributed by atoms with Crippen molar-refractivity contribution in [1.82, 2.24) is 10.6 Å². The lowest BCUT2D eigenvalue weighted by atomic mass is 10.0. The lowest BCUT2D eigenvalue weighted by Crippen LogP contribution is -2.37. The number of carbonyl (C=O) groups is 1. The molecule has 0 aliphatic rings. The zero-order valence-corrected chi connectivity index (χ0v) is 15.5. The molecule has 4 nitrogen and oxygen atoms in total. The molecular weight excluding hydrogens is 356 g/mol. The van der Waals surface area contributed by atoms with Gasteiger partial charge in [0.2, 0.25) is 0 Å². The number of rotatable bonds is 5. The molecule has 0 saturated heterocycles. The summed E-state index contributed by atoms with van der Waals surface area (Å²) in [6.45, 7) is 0.604. The molecule has 0 bridgehead atoms. The minimum Gasteiger partial charge on any atom is -0.387 e. The number of urea groups is 1. The quantitative estimate of drug-likeness (QED) is 0.477. The van der Waals surface area contributed by atoms with Gasteiger partial charge in [-0.3, -0.25) is 0 Å². The number of aliphatic hydroxyl groups is 1. The summed E-state index contributed by atoms with van der Waals surface area (Å²) in [5.41, 5.74) is 1.91. The van der Waals surface area contributed by atoms with Gasteiger partial charge in [0, 0.05) is 23.4 Å². The molecule has 4 rings (SSSR count). The largest absolute Gasteiger partial charge is 0.387 e. The van der Waals surface area contributed by atoms with Gasteiger partial charge in [-0.05, 0) is 33.2 Å². The van der Waals surface area contributed by atoms with Crippen molar-refractivity contribution in [3.8, 4) is 0 Å². The van der Waals surface area contributed by atoms with Gasteiger partial charge in [0.25, 0.3) is 0 Å². The van der Waals surface area contributed by atoms with Crippen LogP contribution in [-0.4, -0.2) is 17.7 Å². The average Bonchev–Trinajstić information content (AvgIpc) is 3.14. The normalized spacial score (nSPS) is 12.2. The van der Waals surface area contributed by atoms with E-state index in [1.165, 1.54) is 0 Å². The Kier molecular flexibility index (Phi) is 5.05. The standard InChI is InChI=1S/C22H20N2O2S/c25-20(19-14-27-21-11-4-3-10-18(19)21)13-24-22(26)23-12-16-8-5-7-15-6-1-2-9-17(15)16/h1-11,14,20,25H,12-13H2,(H2,23,24,26). The smallest absolute Gasteiger partial charge is 0.315 e. The van der Waals surface area contributed by atoms with Gasteiger partial charge in [-0.2, -0.15) is 0 Å². The third-order valence-corrected chi connectivity index (χ3v) is 5.63. The average molecular weight is 376 g/mol. The fourth-order valence-corrected chi connectivity index (χ4v) is 4.25. The van der Waals surface area contributed by atoms with Gasteiger partial charge in [0.15, 0.2) is 0 Å². The van der Waals surface area contributed by atoms with Crippen LogP contribution in [0.1, 0.15) is 17.2 Å². The maximum atomic E-state index is 12.2. The summed E-state index contributed by atoms with van der Waals surface area (Å²) < 4.78 is 1.13. The number of fused-ring (bicyclic) bond motifs is 2. The molecule has 136 valence electrons. The summed E-state index contributed by atoms with van der Waals surface area (Å²) in [6.07, 6.45) is -0.732. The summed E-state index contributed by atoms with van der Waals surface area (Å²) >= 11 is 1.60. The molecule has 5 heteroatoms. The van der Waals surface area contributed by atoms with Crippen LogP contribution in [0.25, 0.3) is 20.9 Å². The van der Waals surface area contributed by atoms with Crippen LogP contribution in [0.4, 0.5) is 4.79 Å². The Morgan fingerprint density at radius 1 is 0.926 bits per heavy atom. The van der Waals surface area contributed by atoms with Crippen LogP contribution in [-0.2, 0) is 6.54 Å². The molecule has 27 heavy (non-hydrogen) atoms. The Morgan fingerprint density at radius 2 is 1.67 bits per heavy atom. The zero-order valence-electron chi connectivity index (χ0n) is 14.7. The molecule has 3 N–H and O–H groups in total. The van der Waals surface area contributed by atoms with E-state index in [-0.39, 0.29) is 12.6 Å². The lowest BCUT2D eigenvalue weighted by Gasteiger charge is -2.13. The Labute approximate surface area is 161 Å². The highest BCUT2D eigenvalue weighted by Gasteiger charge is 2.14. The number of hydrogen-bond donors (Lipinski definition) is 3. The third kappa shape index (κ3) is 3.79. The Morgan fingerprint density at radius 3 is 2.56 bits per heavy atom. The molecule has 0 aliphatic heterocycles. The first-order valence-electron chi connectivity index (χ1n) is 8.85. The topological polar surface area (TPSA) is 61.4 Å². The molecule has 4 aromatic rings. The van der Waals surface area contributed by atoms with E-state index in [1.54, 1.807) is 11.3 Å². The predicted molar refractivity (Wildman–Crippen MR) is 111 cm³/mol. The summed E-state index contributed by atoms with van der Waals surface area (Å²) in [7, 11) is 0. The second-order valence-corrected chi connectivity index (χ2v) is 7.32. The van der Waals surface area contributed by atoms with E-state index < -0.39 is 6.10 Å². The monoisotopic (exact) mass is 376 g/mol. The highest BCUT2D eigenvalue weighted by atomic mass is 32.1.